The van der Waals surface area contributed by atoms with E-state index in [-0.39, 0.29) is 11.8 Å². The van der Waals surface area contributed by atoms with Crippen molar-refractivity contribution in [2.24, 2.45) is 0 Å². The number of nitrogens with one attached hydrogen (secondary N) is 2. The molecule has 0 spiro atoms. The largest absolute Gasteiger partial charge is 0.354 e. The Morgan fingerprint density at radius 1 is 1.26 bits per heavy atom. The molecule has 4 heterocycles. The zero-order valence-corrected chi connectivity index (χ0v) is 17.6. The number of aromatic nitrogens is 3. The first-order valence-corrected chi connectivity index (χ1v) is 11.1. The van der Waals surface area contributed by atoms with Gasteiger partial charge in [-0.15, -0.1) is 11.3 Å². The number of amides is 2. The fraction of sp³-hybridized carbons (Fsp3) is 0.217. The minimum atomic E-state index is -0.500. The third kappa shape index (κ3) is 4.06. The molecule has 4 aromatic rings. The number of hydrogen-bond acceptors (Lipinski definition) is 5. The number of thiophene rings is 1. The van der Waals surface area contributed by atoms with Gasteiger partial charge in [-0.3, -0.25) is 9.59 Å². The van der Waals surface area contributed by atoms with Crippen LogP contribution in [0.15, 0.2) is 60.2 Å². The Bertz CT molecular complexity index is 1230. The van der Waals surface area contributed by atoms with Gasteiger partial charge >= 0.3 is 0 Å². The number of piperidine rings is 1. The van der Waals surface area contributed by atoms with Crippen LogP contribution >= 0.6 is 11.3 Å². The molecule has 0 radical (unpaired) electrons. The third-order valence-corrected chi connectivity index (χ3v) is 6.39. The number of rotatable bonds is 5. The van der Waals surface area contributed by atoms with Crippen LogP contribution in [0.5, 0.6) is 0 Å². The predicted octanol–water partition coefficient (Wildman–Crippen LogP) is 3.08. The maximum atomic E-state index is 12.8. The standard InChI is InChI=1S/C23H21N5O2S/c29-22-19(3-1-9-24-22)27-23(30)20-14-16(21-18(26-20)8-12-31-21)13-15-4-6-17(7-5-15)28-11-2-10-25-28/h2,4-8,10-12,14,19H,1,3,9,13H2,(H,24,29)(H,27,30). The van der Waals surface area contributed by atoms with Gasteiger partial charge in [0.2, 0.25) is 5.91 Å². The van der Waals surface area contributed by atoms with E-state index in [1.807, 2.05) is 46.6 Å². The van der Waals surface area contributed by atoms with Crippen LogP contribution in [0, 0.1) is 0 Å². The van der Waals surface area contributed by atoms with Crippen molar-refractivity contribution in [3.63, 3.8) is 0 Å². The number of hydrogen-bond donors (Lipinski definition) is 2. The Kier molecular flexibility index (Phi) is 5.21. The Hall–Kier alpha value is -3.52. The molecule has 1 saturated heterocycles. The molecular formula is C23H21N5O2S. The monoisotopic (exact) mass is 431 g/mol. The minimum absolute atomic E-state index is 0.131. The summed E-state index contributed by atoms with van der Waals surface area (Å²) in [7, 11) is 0. The summed E-state index contributed by atoms with van der Waals surface area (Å²) < 4.78 is 2.89. The van der Waals surface area contributed by atoms with Crippen LogP contribution in [0.25, 0.3) is 15.9 Å². The molecule has 0 saturated carbocycles. The van der Waals surface area contributed by atoms with E-state index < -0.39 is 6.04 Å². The summed E-state index contributed by atoms with van der Waals surface area (Å²) in [6, 6.07) is 13.4. The molecule has 1 fully saturated rings. The van der Waals surface area contributed by atoms with Crippen molar-refractivity contribution in [2.75, 3.05) is 6.54 Å². The van der Waals surface area contributed by atoms with Crippen molar-refractivity contribution in [3.05, 3.63) is 77.1 Å². The van der Waals surface area contributed by atoms with Crippen molar-refractivity contribution in [1.82, 2.24) is 25.4 Å². The molecule has 7 nitrogen and oxygen atoms in total. The number of pyridine rings is 1. The number of carbonyl (C=O) groups is 2. The van der Waals surface area contributed by atoms with E-state index >= 15 is 0 Å². The van der Waals surface area contributed by atoms with Crippen LogP contribution < -0.4 is 10.6 Å². The predicted molar refractivity (Wildman–Crippen MR) is 119 cm³/mol. The molecule has 0 bridgehead atoms. The van der Waals surface area contributed by atoms with Crippen LogP contribution in [0.2, 0.25) is 0 Å². The van der Waals surface area contributed by atoms with Crippen molar-refractivity contribution in [1.29, 1.82) is 0 Å². The molecular weight excluding hydrogens is 410 g/mol. The van der Waals surface area contributed by atoms with Crippen molar-refractivity contribution in [3.8, 4) is 5.69 Å². The SMILES string of the molecule is O=C(NC1CCCNC1=O)c1cc(Cc2ccc(-n3cccn3)cc2)c2sccc2n1. The van der Waals surface area contributed by atoms with E-state index in [0.717, 1.165) is 33.5 Å². The first-order valence-electron chi connectivity index (χ1n) is 10.2. The zero-order valence-electron chi connectivity index (χ0n) is 16.7. The van der Waals surface area contributed by atoms with Crippen LogP contribution in [0.1, 0.15) is 34.5 Å². The van der Waals surface area contributed by atoms with Crippen LogP contribution in [-0.2, 0) is 11.2 Å². The molecule has 1 aromatic carbocycles. The summed E-state index contributed by atoms with van der Waals surface area (Å²) in [5.41, 5.74) is 4.32. The second-order valence-electron chi connectivity index (χ2n) is 7.55. The van der Waals surface area contributed by atoms with Gasteiger partial charge in [-0.25, -0.2) is 9.67 Å². The normalized spacial score (nSPS) is 16.3. The van der Waals surface area contributed by atoms with Gasteiger partial charge in [0, 0.05) is 18.9 Å². The summed E-state index contributed by atoms with van der Waals surface area (Å²) in [6.45, 7) is 0.660. The topological polar surface area (TPSA) is 88.9 Å². The van der Waals surface area contributed by atoms with Crippen LogP contribution in [-0.4, -0.2) is 39.2 Å². The molecule has 8 heteroatoms. The summed E-state index contributed by atoms with van der Waals surface area (Å²) in [5.74, 6) is -0.445. The smallest absolute Gasteiger partial charge is 0.270 e. The van der Waals surface area contributed by atoms with E-state index in [1.54, 1.807) is 17.5 Å². The van der Waals surface area contributed by atoms with Gasteiger partial charge in [-0.05, 0) is 66.1 Å². The summed E-state index contributed by atoms with van der Waals surface area (Å²) in [5, 5.41) is 11.9. The van der Waals surface area contributed by atoms with Gasteiger partial charge in [0.25, 0.3) is 5.91 Å². The molecule has 156 valence electrons. The van der Waals surface area contributed by atoms with Crippen LogP contribution in [0.4, 0.5) is 0 Å². The molecule has 1 unspecified atom stereocenters. The Balaban J connectivity index is 1.40. The molecule has 2 amide bonds. The van der Waals surface area contributed by atoms with Gasteiger partial charge in [-0.2, -0.15) is 5.10 Å². The molecule has 5 rings (SSSR count). The quantitative estimate of drug-likeness (QED) is 0.508. The lowest BCUT2D eigenvalue weighted by Gasteiger charge is -2.22. The average molecular weight is 432 g/mol. The molecule has 1 aliphatic rings. The van der Waals surface area contributed by atoms with Gasteiger partial charge in [0.15, 0.2) is 0 Å². The van der Waals surface area contributed by atoms with Gasteiger partial charge in [-0.1, -0.05) is 12.1 Å². The summed E-state index contributed by atoms with van der Waals surface area (Å²) >= 11 is 1.62. The van der Waals surface area contributed by atoms with Crippen molar-refractivity contribution >= 4 is 33.4 Å². The van der Waals surface area contributed by atoms with Gasteiger partial charge < -0.3 is 10.6 Å². The number of nitrogens with zero attached hydrogens (tertiary/aromatic N) is 3. The van der Waals surface area contributed by atoms with E-state index in [0.29, 0.717) is 25.1 Å². The first-order chi connectivity index (χ1) is 15.2. The third-order valence-electron chi connectivity index (χ3n) is 5.41. The van der Waals surface area contributed by atoms with E-state index in [2.05, 4.69) is 32.8 Å². The summed E-state index contributed by atoms with van der Waals surface area (Å²) in [4.78, 5) is 29.4. The lowest BCUT2D eigenvalue weighted by molar-refractivity contribution is -0.124. The Morgan fingerprint density at radius 2 is 2.13 bits per heavy atom. The van der Waals surface area contributed by atoms with Gasteiger partial charge in [0.1, 0.15) is 11.7 Å². The molecule has 31 heavy (non-hydrogen) atoms. The molecule has 3 aromatic heterocycles. The maximum Gasteiger partial charge on any atom is 0.270 e. The van der Waals surface area contributed by atoms with E-state index in [1.165, 1.54) is 0 Å². The number of benzene rings is 1. The number of fused-ring (bicyclic) bond motifs is 1. The number of carbonyl (C=O) groups excluding carboxylic acids is 2. The Morgan fingerprint density at radius 3 is 2.90 bits per heavy atom. The maximum absolute atomic E-state index is 12.8. The molecule has 2 N–H and O–H groups in total. The highest BCUT2D eigenvalue weighted by Crippen LogP contribution is 2.27. The first kappa shape index (κ1) is 19.4. The molecule has 0 aliphatic carbocycles. The summed E-state index contributed by atoms with van der Waals surface area (Å²) in [6.07, 6.45) is 5.84. The van der Waals surface area contributed by atoms with Crippen LogP contribution in [0.3, 0.4) is 0 Å². The van der Waals surface area contributed by atoms with E-state index in [4.69, 9.17) is 0 Å². The van der Waals surface area contributed by atoms with Crippen molar-refractivity contribution in [2.45, 2.75) is 25.3 Å². The van der Waals surface area contributed by atoms with Crippen molar-refractivity contribution < 1.29 is 9.59 Å². The molecule has 1 atom stereocenters. The fourth-order valence-corrected chi connectivity index (χ4v) is 4.67. The van der Waals surface area contributed by atoms with Gasteiger partial charge in [0.05, 0.1) is 15.9 Å². The molecule has 1 aliphatic heterocycles. The Labute approximate surface area is 183 Å². The minimum Gasteiger partial charge on any atom is -0.354 e. The fourth-order valence-electron chi connectivity index (χ4n) is 3.82. The zero-order chi connectivity index (χ0) is 21.2. The highest BCUT2D eigenvalue weighted by atomic mass is 32.1. The second kappa shape index (κ2) is 8.31. The highest BCUT2D eigenvalue weighted by Gasteiger charge is 2.25. The lowest BCUT2D eigenvalue weighted by atomic mass is 10.0. The highest BCUT2D eigenvalue weighted by molar-refractivity contribution is 7.17. The average Bonchev–Trinajstić information content (AvgIpc) is 3.48. The lowest BCUT2D eigenvalue weighted by Crippen LogP contribution is -2.50. The second-order valence-corrected chi connectivity index (χ2v) is 8.47. The van der Waals surface area contributed by atoms with E-state index in [9.17, 15) is 9.59 Å².